The van der Waals surface area contributed by atoms with E-state index in [9.17, 15) is 0 Å². The highest BCUT2D eigenvalue weighted by Gasteiger charge is 1.95. The lowest BCUT2D eigenvalue weighted by Crippen LogP contribution is -2.11. The summed E-state index contributed by atoms with van der Waals surface area (Å²) in [6.07, 6.45) is 0.946. The predicted molar refractivity (Wildman–Crippen MR) is 92.0 cm³/mol. The second-order valence-electron chi connectivity index (χ2n) is 1.99. The molecule has 15 heavy (non-hydrogen) atoms. The van der Waals surface area contributed by atoms with E-state index in [2.05, 4.69) is 10.2 Å². The molecule has 0 amide bonds. The number of amidine groups is 2. The molecule has 10 heteroatoms. The summed E-state index contributed by atoms with van der Waals surface area (Å²) >= 11 is 2.83. The van der Waals surface area contributed by atoms with E-state index in [1.807, 2.05) is 0 Å². The molecule has 0 aromatic heterocycles. The lowest BCUT2D eigenvalue weighted by atomic mass is 10.6. The third-order valence-electron chi connectivity index (χ3n) is 1.04. The normalized spacial score (nSPS) is 11.5. The molecule has 6 nitrogen and oxygen atoms in total. The Morgan fingerprint density at radius 2 is 1.20 bits per heavy atom. The highest BCUT2D eigenvalue weighted by molar-refractivity contribution is 14.0. The second-order valence-corrected chi connectivity index (χ2v) is 4.22. The Hall–Kier alpha value is 0.700. The molecular formula is C5H16I2N6S2. The van der Waals surface area contributed by atoms with E-state index >= 15 is 0 Å². The Kier molecular flexibility index (Phi) is 20.6. The Morgan fingerprint density at radius 3 is 1.47 bits per heavy atom. The molecule has 0 aliphatic rings. The number of hydrogen-bond acceptors (Lipinski definition) is 6. The smallest absolute Gasteiger partial charge is 0.177 e. The molecule has 0 aromatic rings. The number of nitrogens with two attached hydrogens (primary N) is 4. The molecule has 0 bridgehead atoms. The van der Waals surface area contributed by atoms with Gasteiger partial charge in [0.25, 0.3) is 0 Å². The average molecular weight is 478 g/mol. The van der Waals surface area contributed by atoms with Crippen LogP contribution in [0.5, 0.6) is 0 Å². The van der Waals surface area contributed by atoms with Crippen LogP contribution in [-0.2, 0) is 0 Å². The van der Waals surface area contributed by atoms with E-state index in [1.54, 1.807) is 0 Å². The Labute approximate surface area is 132 Å². The maximum Gasteiger partial charge on any atom is 0.177 e. The molecule has 0 aliphatic heterocycles. The van der Waals surface area contributed by atoms with Crippen LogP contribution in [0.25, 0.3) is 0 Å². The zero-order chi connectivity index (χ0) is 10.1. The molecule has 0 aliphatic carbocycles. The van der Waals surface area contributed by atoms with Crippen LogP contribution in [0.4, 0.5) is 0 Å². The average Bonchev–Trinajstić information content (AvgIpc) is 2.16. The van der Waals surface area contributed by atoms with Crippen molar-refractivity contribution in [3.8, 4) is 0 Å². The van der Waals surface area contributed by atoms with Crippen LogP contribution in [0, 0.1) is 0 Å². The Bertz CT molecular complexity index is 180. The molecule has 0 radical (unpaired) electrons. The highest BCUT2D eigenvalue weighted by atomic mass is 127. The maximum absolute atomic E-state index is 5.35. The van der Waals surface area contributed by atoms with Gasteiger partial charge in [-0.1, -0.05) is 23.5 Å². The van der Waals surface area contributed by atoms with Crippen molar-refractivity contribution in [1.82, 2.24) is 0 Å². The summed E-state index contributed by atoms with van der Waals surface area (Å²) in [6.45, 7) is 0. The Morgan fingerprint density at radius 1 is 0.867 bits per heavy atom. The van der Waals surface area contributed by atoms with Crippen LogP contribution >= 0.6 is 71.5 Å². The van der Waals surface area contributed by atoms with Crippen LogP contribution < -0.4 is 23.2 Å². The zero-order valence-electron chi connectivity index (χ0n) is 7.96. The first-order chi connectivity index (χ1) is 6.20. The van der Waals surface area contributed by atoms with Gasteiger partial charge in [0.2, 0.25) is 0 Å². The standard InChI is InChI=1S/C5H14N6S2.2HI/c6-4(10-8)12-2-1-3-13-5(7)11-9;;/h1-3,8-9H2,(H2,6,10)(H2,7,11);2*1H. The van der Waals surface area contributed by atoms with Gasteiger partial charge in [-0.05, 0) is 6.42 Å². The van der Waals surface area contributed by atoms with Crippen molar-refractivity contribution in [2.75, 3.05) is 11.5 Å². The van der Waals surface area contributed by atoms with E-state index < -0.39 is 0 Å². The van der Waals surface area contributed by atoms with E-state index in [4.69, 9.17) is 23.2 Å². The fourth-order valence-corrected chi connectivity index (χ4v) is 1.81. The monoisotopic (exact) mass is 478 g/mol. The van der Waals surface area contributed by atoms with Gasteiger partial charge in [-0.15, -0.1) is 48.0 Å². The van der Waals surface area contributed by atoms with Crippen molar-refractivity contribution in [2.45, 2.75) is 6.42 Å². The summed E-state index contributed by atoms with van der Waals surface area (Å²) in [5.41, 5.74) is 10.7. The van der Waals surface area contributed by atoms with Crippen molar-refractivity contribution >= 4 is 81.8 Å². The first kappa shape index (κ1) is 21.0. The third-order valence-corrected chi connectivity index (χ3v) is 2.83. The summed E-state index contributed by atoms with van der Waals surface area (Å²) in [4.78, 5) is 0. The molecule has 0 spiro atoms. The summed E-state index contributed by atoms with van der Waals surface area (Å²) in [5.74, 6) is 11.6. The topological polar surface area (TPSA) is 129 Å². The molecule has 0 rings (SSSR count). The van der Waals surface area contributed by atoms with E-state index in [0.717, 1.165) is 17.9 Å². The van der Waals surface area contributed by atoms with Gasteiger partial charge < -0.3 is 23.2 Å². The van der Waals surface area contributed by atoms with Crippen molar-refractivity contribution in [3.05, 3.63) is 0 Å². The summed E-state index contributed by atoms with van der Waals surface area (Å²) in [5, 5.41) is 7.43. The Balaban J connectivity index is -0.000000720. The molecule has 0 aromatic carbocycles. The number of rotatable bonds is 4. The molecule has 0 unspecified atom stereocenters. The van der Waals surface area contributed by atoms with Crippen LogP contribution in [0.1, 0.15) is 6.42 Å². The van der Waals surface area contributed by atoms with Crippen molar-refractivity contribution in [3.63, 3.8) is 0 Å². The first-order valence-corrected chi connectivity index (χ1v) is 5.50. The van der Waals surface area contributed by atoms with Crippen LogP contribution in [0.2, 0.25) is 0 Å². The lowest BCUT2D eigenvalue weighted by Gasteiger charge is -1.99. The number of hydrogen-bond donors (Lipinski definition) is 4. The molecule has 92 valence electrons. The van der Waals surface area contributed by atoms with E-state index in [0.29, 0.717) is 10.3 Å². The van der Waals surface area contributed by atoms with Crippen LogP contribution in [0.3, 0.4) is 0 Å². The molecule has 0 heterocycles. The highest BCUT2D eigenvalue weighted by Crippen LogP contribution is 2.07. The van der Waals surface area contributed by atoms with Gasteiger partial charge in [0.1, 0.15) is 0 Å². The van der Waals surface area contributed by atoms with Gasteiger partial charge in [0, 0.05) is 11.5 Å². The predicted octanol–water partition coefficient (Wildman–Crippen LogP) is 0.456. The van der Waals surface area contributed by atoms with Gasteiger partial charge in [0.05, 0.1) is 0 Å². The molecule has 0 saturated heterocycles. The van der Waals surface area contributed by atoms with Gasteiger partial charge >= 0.3 is 0 Å². The van der Waals surface area contributed by atoms with Crippen LogP contribution in [0.15, 0.2) is 10.2 Å². The second kappa shape index (κ2) is 14.7. The number of hydrazone groups is 2. The summed E-state index contributed by atoms with van der Waals surface area (Å²) in [6, 6.07) is 0. The minimum atomic E-state index is 0. The number of nitrogens with zero attached hydrogens (tertiary/aromatic N) is 2. The van der Waals surface area contributed by atoms with Crippen molar-refractivity contribution in [2.24, 2.45) is 33.4 Å². The maximum atomic E-state index is 5.35. The molecule has 0 fully saturated rings. The van der Waals surface area contributed by atoms with Crippen LogP contribution in [-0.4, -0.2) is 21.8 Å². The largest absolute Gasteiger partial charge is 0.377 e. The molecular weight excluding hydrogens is 462 g/mol. The number of thioether (sulfide) groups is 2. The summed E-state index contributed by atoms with van der Waals surface area (Å²) < 4.78 is 0. The zero-order valence-corrected chi connectivity index (χ0v) is 14.3. The van der Waals surface area contributed by atoms with Gasteiger partial charge in [-0.25, -0.2) is 0 Å². The minimum absolute atomic E-state index is 0. The SMILES string of the molecule is I.I.N/N=C(\N)SCCCS/C(N)=N/N. The fraction of sp³-hybridized carbons (Fsp3) is 0.600. The van der Waals surface area contributed by atoms with E-state index in [1.165, 1.54) is 23.5 Å². The lowest BCUT2D eigenvalue weighted by molar-refractivity contribution is 1.13. The number of halogens is 2. The molecule has 0 atom stereocenters. The van der Waals surface area contributed by atoms with Crippen molar-refractivity contribution < 1.29 is 0 Å². The quantitative estimate of drug-likeness (QED) is 0.116. The van der Waals surface area contributed by atoms with E-state index in [-0.39, 0.29) is 48.0 Å². The van der Waals surface area contributed by atoms with Gasteiger partial charge in [-0.2, -0.15) is 10.2 Å². The first-order valence-electron chi connectivity index (χ1n) is 3.53. The third kappa shape index (κ3) is 14.7. The van der Waals surface area contributed by atoms with Crippen molar-refractivity contribution in [1.29, 1.82) is 0 Å². The molecule has 8 N–H and O–H groups in total. The minimum Gasteiger partial charge on any atom is -0.377 e. The van der Waals surface area contributed by atoms with Gasteiger partial charge in [0.15, 0.2) is 10.3 Å². The summed E-state index contributed by atoms with van der Waals surface area (Å²) in [7, 11) is 0. The fourth-order valence-electron chi connectivity index (χ4n) is 0.487. The van der Waals surface area contributed by atoms with Gasteiger partial charge in [-0.3, -0.25) is 0 Å². The molecule has 0 saturated carbocycles.